The summed E-state index contributed by atoms with van der Waals surface area (Å²) in [5.74, 6) is -2.17. The molecule has 0 bridgehead atoms. The summed E-state index contributed by atoms with van der Waals surface area (Å²) in [6.07, 6.45) is 3.17. The Labute approximate surface area is 241 Å². The number of carbonyl (C=O) groups is 1. The molecule has 0 aliphatic rings. The summed E-state index contributed by atoms with van der Waals surface area (Å²) in [6.45, 7) is 2.65. The van der Waals surface area contributed by atoms with Crippen LogP contribution in [-0.4, -0.2) is 23.7 Å². The molecule has 8 heteroatoms. The van der Waals surface area contributed by atoms with Crippen molar-refractivity contribution in [2.75, 3.05) is 13.2 Å². The van der Waals surface area contributed by atoms with E-state index in [9.17, 15) is 18.4 Å². The van der Waals surface area contributed by atoms with E-state index in [-0.39, 0.29) is 24.3 Å². The first-order chi connectivity index (χ1) is 20.0. The molecule has 0 fully saturated rings. The van der Waals surface area contributed by atoms with Crippen LogP contribution in [0.25, 0.3) is 20.7 Å². The summed E-state index contributed by atoms with van der Waals surface area (Å²) < 4.78 is 36.2. The molecule has 0 saturated carbocycles. The van der Waals surface area contributed by atoms with Gasteiger partial charge in [0.1, 0.15) is 22.0 Å². The maximum absolute atomic E-state index is 14.7. The Morgan fingerprint density at radius 2 is 1.61 bits per heavy atom. The molecule has 0 aliphatic carbocycles. The van der Waals surface area contributed by atoms with Crippen molar-refractivity contribution < 1.29 is 18.3 Å². The van der Waals surface area contributed by atoms with E-state index in [2.05, 4.69) is 17.4 Å². The van der Waals surface area contributed by atoms with Gasteiger partial charge in [0, 0.05) is 23.2 Å². The zero-order valence-electron chi connectivity index (χ0n) is 22.7. The molecule has 1 N–H and O–H groups in total. The van der Waals surface area contributed by atoms with Crippen LogP contribution in [0.4, 0.5) is 8.78 Å². The number of aryl methyl sites for hydroxylation is 1. The number of esters is 1. The van der Waals surface area contributed by atoms with Crippen LogP contribution in [0, 0.1) is 11.6 Å². The summed E-state index contributed by atoms with van der Waals surface area (Å²) in [7, 11) is 0. The highest BCUT2D eigenvalue weighted by molar-refractivity contribution is 7.22. The Kier molecular flexibility index (Phi) is 9.01. The normalized spacial score (nSPS) is 11.2. The van der Waals surface area contributed by atoms with E-state index >= 15 is 0 Å². The van der Waals surface area contributed by atoms with Crippen molar-refractivity contribution in [3.8, 4) is 10.4 Å². The largest absolute Gasteiger partial charge is 0.462 e. The Hall–Kier alpha value is -4.14. The number of nitrogens with one attached hydrogen (secondary N) is 1. The number of nitrogens with zero attached hydrogens (tertiary/aromatic N) is 1. The number of thiophene rings is 1. The molecular weight excluding hydrogens is 542 g/mol. The van der Waals surface area contributed by atoms with Crippen LogP contribution in [-0.2, 0) is 24.2 Å². The molecule has 5 nitrogen and oxygen atoms in total. The molecule has 0 saturated heterocycles. The third-order valence-electron chi connectivity index (χ3n) is 6.89. The second-order valence-electron chi connectivity index (χ2n) is 9.64. The maximum atomic E-state index is 14.7. The van der Waals surface area contributed by atoms with Gasteiger partial charge in [-0.15, -0.1) is 11.3 Å². The first-order valence-electron chi connectivity index (χ1n) is 13.6. The summed E-state index contributed by atoms with van der Waals surface area (Å²) in [5, 5.41) is 3.82. The Bertz CT molecular complexity index is 1700. The SMILES string of the molecule is CCOC(=O)c1cn(Cc2c(F)cccc2F)c2sc(-c3ccccc3)c(CNCCCc3ccccc3)c2c1=O. The standard InChI is InChI=1S/C33H30F2N2O3S/c1-2-40-33(39)26-21-37(20-25-27(34)16-9-17-28(25)35)32-29(30(26)38)24(31(41-32)23-14-7-4-8-15-23)19-36-18-10-13-22-11-5-3-6-12-22/h3-9,11-12,14-17,21,36H,2,10,13,18-20H2,1H3. The fourth-order valence-electron chi connectivity index (χ4n) is 4.89. The minimum absolute atomic E-state index is 0.0903. The van der Waals surface area contributed by atoms with E-state index in [1.54, 1.807) is 11.5 Å². The molecule has 0 unspecified atom stereocenters. The molecule has 0 radical (unpaired) electrons. The van der Waals surface area contributed by atoms with Crippen molar-refractivity contribution in [1.29, 1.82) is 0 Å². The fraction of sp³-hybridized carbons (Fsp3) is 0.212. The number of benzene rings is 3. The van der Waals surface area contributed by atoms with Crippen LogP contribution in [0.5, 0.6) is 0 Å². The summed E-state index contributed by atoms with van der Waals surface area (Å²) >= 11 is 1.37. The molecule has 5 aromatic rings. The number of hydrogen-bond donors (Lipinski definition) is 1. The third kappa shape index (κ3) is 6.29. The van der Waals surface area contributed by atoms with E-state index in [1.807, 2.05) is 48.5 Å². The third-order valence-corrected chi connectivity index (χ3v) is 8.21. The smallest absolute Gasteiger partial charge is 0.343 e. The molecule has 3 aromatic carbocycles. The lowest BCUT2D eigenvalue weighted by Crippen LogP contribution is -2.23. The van der Waals surface area contributed by atoms with Gasteiger partial charge in [-0.3, -0.25) is 4.79 Å². The lowest BCUT2D eigenvalue weighted by molar-refractivity contribution is 0.0524. The van der Waals surface area contributed by atoms with Gasteiger partial charge in [0.15, 0.2) is 0 Å². The number of pyridine rings is 1. The second-order valence-corrected chi connectivity index (χ2v) is 10.6. The first-order valence-corrected chi connectivity index (χ1v) is 14.4. The van der Waals surface area contributed by atoms with Crippen molar-refractivity contribution in [1.82, 2.24) is 9.88 Å². The predicted molar refractivity (Wildman–Crippen MR) is 159 cm³/mol. The quantitative estimate of drug-likeness (QED) is 0.137. The minimum Gasteiger partial charge on any atom is -0.462 e. The van der Waals surface area contributed by atoms with Gasteiger partial charge in [-0.05, 0) is 55.1 Å². The van der Waals surface area contributed by atoms with Gasteiger partial charge >= 0.3 is 5.97 Å². The molecule has 0 amide bonds. The van der Waals surface area contributed by atoms with Crippen LogP contribution in [0.3, 0.4) is 0 Å². The van der Waals surface area contributed by atoms with Gasteiger partial charge in [-0.2, -0.15) is 0 Å². The summed E-state index contributed by atoms with van der Waals surface area (Å²) in [6, 6.07) is 23.6. The highest BCUT2D eigenvalue weighted by Crippen LogP contribution is 2.38. The Morgan fingerprint density at radius 1 is 0.927 bits per heavy atom. The lowest BCUT2D eigenvalue weighted by atomic mass is 10.0. The highest BCUT2D eigenvalue weighted by atomic mass is 32.1. The van der Waals surface area contributed by atoms with Gasteiger partial charge in [0.2, 0.25) is 5.43 Å². The number of aromatic nitrogens is 1. The molecule has 5 rings (SSSR count). The van der Waals surface area contributed by atoms with Crippen LogP contribution >= 0.6 is 11.3 Å². The Balaban J connectivity index is 1.59. The van der Waals surface area contributed by atoms with Gasteiger partial charge in [0.05, 0.1) is 18.5 Å². The molecule has 0 atom stereocenters. The molecule has 2 aromatic heterocycles. The summed E-state index contributed by atoms with van der Waals surface area (Å²) in [5.41, 5.74) is 2.14. The van der Waals surface area contributed by atoms with Gasteiger partial charge < -0.3 is 14.6 Å². The average Bonchev–Trinajstić information content (AvgIpc) is 3.37. The monoisotopic (exact) mass is 572 g/mol. The number of ether oxygens (including phenoxy) is 1. The van der Waals surface area contributed by atoms with E-state index in [0.29, 0.717) is 23.3 Å². The zero-order valence-corrected chi connectivity index (χ0v) is 23.5. The number of rotatable bonds is 11. The van der Waals surface area contributed by atoms with Crippen molar-refractivity contribution in [2.24, 2.45) is 0 Å². The first kappa shape index (κ1) is 28.4. The number of fused-ring (bicyclic) bond motifs is 1. The number of carbonyl (C=O) groups excluding carboxylic acids is 1. The maximum Gasteiger partial charge on any atom is 0.343 e. The Morgan fingerprint density at radius 3 is 2.29 bits per heavy atom. The molecule has 41 heavy (non-hydrogen) atoms. The van der Waals surface area contributed by atoms with Crippen molar-refractivity contribution in [3.05, 3.63) is 129 Å². The van der Waals surface area contributed by atoms with Crippen LogP contribution in [0.1, 0.15) is 40.4 Å². The average molecular weight is 573 g/mol. The van der Waals surface area contributed by atoms with Crippen molar-refractivity contribution >= 4 is 27.5 Å². The van der Waals surface area contributed by atoms with Crippen LogP contribution < -0.4 is 10.7 Å². The zero-order chi connectivity index (χ0) is 28.8. The van der Waals surface area contributed by atoms with Crippen LogP contribution in [0.15, 0.2) is 89.9 Å². The lowest BCUT2D eigenvalue weighted by Gasteiger charge is -2.13. The van der Waals surface area contributed by atoms with E-state index in [0.717, 1.165) is 28.8 Å². The predicted octanol–water partition coefficient (Wildman–Crippen LogP) is 6.96. The number of hydrogen-bond acceptors (Lipinski definition) is 5. The van der Waals surface area contributed by atoms with E-state index < -0.39 is 23.0 Å². The second kappa shape index (κ2) is 13.0. The van der Waals surface area contributed by atoms with Gasteiger partial charge in [-0.25, -0.2) is 13.6 Å². The van der Waals surface area contributed by atoms with Crippen LogP contribution in [0.2, 0.25) is 0 Å². The topological polar surface area (TPSA) is 60.3 Å². The molecular formula is C33H30F2N2O3S. The highest BCUT2D eigenvalue weighted by Gasteiger charge is 2.24. The van der Waals surface area contributed by atoms with Gasteiger partial charge in [-0.1, -0.05) is 66.7 Å². The van der Waals surface area contributed by atoms with E-state index in [4.69, 9.17) is 4.74 Å². The molecule has 2 heterocycles. The van der Waals surface area contributed by atoms with Crippen molar-refractivity contribution in [3.63, 3.8) is 0 Å². The molecule has 0 spiro atoms. The van der Waals surface area contributed by atoms with Crippen molar-refractivity contribution in [2.45, 2.75) is 32.9 Å². The molecule has 210 valence electrons. The fourth-order valence-corrected chi connectivity index (χ4v) is 6.19. The van der Waals surface area contributed by atoms with E-state index in [1.165, 1.54) is 41.3 Å². The molecule has 0 aliphatic heterocycles. The number of halogens is 2. The minimum atomic E-state index is -0.767. The van der Waals surface area contributed by atoms with Gasteiger partial charge in [0.25, 0.3) is 0 Å². The summed E-state index contributed by atoms with van der Waals surface area (Å²) in [4.78, 5) is 28.1.